The Hall–Kier alpha value is -3.14. The van der Waals surface area contributed by atoms with Crippen LogP contribution in [0.25, 0.3) is 0 Å². The second-order valence-electron chi connectivity index (χ2n) is 7.63. The number of urea groups is 1. The van der Waals surface area contributed by atoms with Crippen LogP contribution in [0, 0.1) is 0 Å². The van der Waals surface area contributed by atoms with E-state index in [1.807, 2.05) is 33.8 Å². The number of morpholine rings is 1. The smallest absolute Gasteiger partial charge is 0.318 e. The third kappa shape index (κ3) is 5.13. The molecule has 1 saturated heterocycles. The molecule has 0 aliphatic carbocycles. The number of carbonyl (C=O) groups is 2. The monoisotopic (exact) mass is 428 g/mol. The molecule has 10 heteroatoms. The van der Waals surface area contributed by atoms with Crippen molar-refractivity contribution in [2.45, 2.75) is 32.5 Å². The van der Waals surface area contributed by atoms with Gasteiger partial charge in [0.1, 0.15) is 5.75 Å². The number of carbonyl (C=O) groups excluding carboxylic acids is 2. The molecule has 3 heterocycles. The predicted molar refractivity (Wildman–Crippen MR) is 111 cm³/mol. The Kier molecular flexibility index (Phi) is 6.66. The zero-order valence-electron chi connectivity index (χ0n) is 17.7. The highest BCUT2D eigenvalue weighted by molar-refractivity contribution is 5.76. The lowest BCUT2D eigenvalue weighted by molar-refractivity contribution is -0.135. The van der Waals surface area contributed by atoms with Gasteiger partial charge >= 0.3 is 6.03 Å². The van der Waals surface area contributed by atoms with Gasteiger partial charge in [0.05, 0.1) is 44.8 Å². The van der Waals surface area contributed by atoms with Crippen molar-refractivity contribution in [2.75, 3.05) is 40.0 Å². The molecule has 31 heavy (non-hydrogen) atoms. The molecule has 0 unspecified atom stereocenters. The molecule has 1 N–H and O–H groups in total. The number of fused-ring (bicyclic) bond motifs is 1. The van der Waals surface area contributed by atoms with Gasteiger partial charge < -0.3 is 24.6 Å². The molecule has 4 rings (SSSR count). The first-order valence-electron chi connectivity index (χ1n) is 10.6. The first kappa shape index (κ1) is 21.1. The van der Waals surface area contributed by atoms with Crippen LogP contribution < -0.4 is 10.1 Å². The summed E-state index contributed by atoms with van der Waals surface area (Å²) in [5.74, 6) is 0.890. The molecule has 2 aliphatic rings. The lowest BCUT2D eigenvalue weighted by Crippen LogP contribution is -2.44. The molecule has 10 nitrogen and oxygen atoms in total. The van der Waals surface area contributed by atoms with Crippen molar-refractivity contribution in [3.63, 3.8) is 0 Å². The Bertz CT molecular complexity index is 907. The highest BCUT2D eigenvalue weighted by atomic mass is 16.5. The van der Waals surface area contributed by atoms with Crippen LogP contribution in [-0.4, -0.2) is 76.7 Å². The van der Waals surface area contributed by atoms with Gasteiger partial charge in [-0.15, -0.1) is 5.10 Å². The van der Waals surface area contributed by atoms with Gasteiger partial charge in [0.25, 0.3) is 0 Å². The largest absolute Gasteiger partial charge is 0.497 e. The molecule has 0 bridgehead atoms. The van der Waals surface area contributed by atoms with Crippen molar-refractivity contribution < 1.29 is 19.1 Å². The summed E-state index contributed by atoms with van der Waals surface area (Å²) >= 11 is 0. The highest BCUT2D eigenvalue weighted by Crippen LogP contribution is 2.17. The minimum absolute atomic E-state index is 0.106. The van der Waals surface area contributed by atoms with Crippen molar-refractivity contribution in [1.29, 1.82) is 0 Å². The maximum Gasteiger partial charge on any atom is 0.318 e. The van der Waals surface area contributed by atoms with Crippen molar-refractivity contribution in [2.24, 2.45) is 0 Å². The van der Waals surface area contributed by atoms with E-state index < -0.39 is 0 Å². The number of rotatable bonds is 6. The fourth-order valence-electron chi connectivity index (χ4n) is 3.79. The molecule has 2 aliphatic heterocycles. The molecule has 1 aromatic carbocycles. The van der Waals surface area contributed by atoms with Crippen molar-refractivity contribution >= 4 is 11.9 Å². The average Bonchev–Trinajstić information content (AvgIpc) is 3.24. The molecule has 1 aromatic heterocycles. The maximum atomic E-state index is 12.7. The predicted octanol–water partition coefficient (Wildman–Crippen LogP) is 0.804. The van der Waals surface area contributed by atoms with Gasteiger partial charge in [0.15, 0.2) is 0 Å². The lowest BCUT2D eigenvalue weighted by Gasteiger charge is -2.28. The normalized spacial score (nSPS) is 16.0. The second-order valence-corrected chi connectivity index (χ2v) is 7.63. The minimum Gasteiger partial charge on any atom is -0.497 e. The summed E-state index contributed by atoms with van der Waals surface area (Å²) in [5, 5.41) is 11.4. The Morgan fingerprint density at radius 2 is 1.87 bits per heavy atom. The van der Waals surface area contributed by atoms with Crippen molar-refractivity contribution in [1.82, 2.24) is 30.1 Å². The van der Waals surface area contributed by atoms with Gasteiger partial charge in [-0.2, -0.15) is 0 Å². The van der Waals surface area contributed by atoms with Gasteiger partial charge in [-0.1, -0.05) is 17.3 Å². The SMILES string of the molecule is COc1ccc(CNC(=O)N2CCn3nnc(CCC(=O)N4CCOCC4)c3C2)cc1. The first-order valence-corrected chi connectivity index (χ1v) is 10.6. The fourth-order valence-corrected chi connectivity index (χ4v) is 3.79. The minimum atomic E-state index is -0.126. The van der Waals surface area contributed by atoms with Crippen LogP contribution in [0.4, 0.5) is 4.79 Å². The summed E-state index contributed by atoms with van der Waals surface area (Å²) in [6.45, 7) is 4.50. The molecular formula is C21H28N6O4. The number of benzene rings is 1. The lowest BCUT2D eigenvalue weighted by atomic mass is 10.1. The Balaban J connectivity index is 1.30. The van der Waals surface area contributed by atoms with Crippen LogP contribution in [0.2, 0.25) is 0 Å². The quantitative estimate of drug-likeness (QED) is 0.730. The van der Waals surface area contributed by atoms with E-state index >= 15 is 0 Å². The van der Waals surface area contributed by atoms with E-state index in [1.165, 1.54) is 0 Å². The third-order valence-electron chi connectivity index (χ3n) is 5.67. The van der Waals surface area contributed by atoms with Crippen LogP contribution >= 0.6 is 0 Å². The first-order chi connectivity index (χ1) is 15.1. The van der Waals surface area contributed by atoms with E-state index in [2.05, 4.69) is 15.6 Å². The van der Waals surface area contributed by atoms with Gasteiger partial charge in [-0.3, -0.25) is 4.79 Å². The van der Waals surface area contributed by atoms with Crippen LogP contribution in [0.1, 0.15) is 23.4 Å². The van der Waals surface area contributed by atoms with Crippen LogP contribution in [0.5, 0.6) is 5.75 Å². The summed E-state index contributed by atoms with van der Waals surface area (Å²) in [4.78, 5) is 28.7. The molecule has 1 fully saturated rings. The number of ether oxygens (including phenoxy) is 2. The molecular weight excluding hydrogens is 400 g/mol. The number of hydrogen-bond acceptors (Lipinski definition) is 6. The Labute approximate surface area is 181 Å². The van der Waals surface area contributed by atoms with E-state index in [-0.39, 0.29) is 11.9 Å². The summed E-state index contributed by atoms with van der Waals surface area (Å²) in [6, 6.07) is 7.47. The number of nitrogens with one attached hydrogen (secondary N) is 1. The number of nitrogens with zero attached hydrogens (tertiary/aromatic N) is 5. The fraction of sp³-hybridized carbons (Fsp3) is 0.524. The number of amides is 3. The van der Waals surface area contributed by atoms with Crippen molar-refractivity contribution in [3.05, 3.63) is 41.2 Å². The summed E-state index contributed by atoms with van der Waals surface area (Å²) in [5.41, 5.74) is 2.69. The topological polar surface area (TPSA) is 102 Å². The number of aromatic nitrogens is 3. The summed E-state index contributed by atoms with van der Waals surface area (Å²) in [6.07, 6.45) is 0.905. The van der Waals surface area contributed by atoms with Crippen LogP contribution in [0.15, 0.2) is 24.3 Å². The molecule has 0 atom stereocenters. The third-order valence-corrected chi connectivity index (χ3v) is 5.67. The Morgan fingerprint density at radius 1 is 1.10 bits per heavy atom. The molecule has 0 radical (unpaired) electrons. The summed E-state index contributed by atoms with van der Waals surface area (Å²) < 4.78 is 12.3. The zero-order valence-corrected chi connectivity index (χ0v) is 17.7. The molecule has 2 aromatic rings. The number of hydrogen-bond donors (Lipinski definition) is 1. The second kappa shape index (κ2) is 9.78. The average molecular weight is 428 g/mol. The van der Waals surface area contributed by atoms with Gasteiger partial charge in [-0.25, -0.2) is 9.48 Å². The highest BCUT2D eigenvalue weighted by Gasteiger charge is 2.25. The van der Waals surface area contributed by atoms with Gasteiger partial charge in [-0.05, 0) is 17.7 Å². The van der Waals surface area contributed by atoms with E-state index in [0.29, 0.717) is 65.3 Å². The van der Waals surface area contributed by atoms with Crippen LogP contribution in [-0.2, 0) is 35.6 Å². The number of aryl methyl sites for hydroxylation is 1. The van der Waals surface area contributed by atoms with E-state index in [9.17, 15) is 9.59 Å². The molecule has 3 amide bonds. The van der Waals surface area contributed by atoms with E-state index in [1.54, 1.807) is 12.0 Å². The molecule has 166 valence electrons. The standard InChI is InChI=1S/C21H28N6O4/c1-30-17-4-2-16(3-5-17)14-22-21(29)26-8-9-27-19(15-26)18(23-24-27)6-7-20(28)25-10-12-31-13-11-25/h2-5H,6-15H2,1H3,(H,22,29). The van der Waals surface area contributed by atoms with Crippen LogP contribution in [0.3, 0.4) is 0 Å². The maximum absolute atomic E-state index is 12.7. The van der Waals surface area contributed by atoms with Gasteiger partial charge in [0, 0.05) is 39.0 Å². The van der Waals surface area contributed by atoms with E-state index in [4.69, 9.17) is 9.47 Å². The van der Waals surface area contributed by atoms with Crippen molar-refractivity contribution in [3.8, 4) is 5.75 Å². The summed E-state index contributed by atoms with van der Waals surface area (Å²) in [7, 11) is 1.62. The van der Waals surface area contributed by atoms with E-state index in [0.717, 1.165) is 22.7 Å². The van der Waals surface area contributed by atoms with Gasteiger partial charge in [0.2, 0.25) is 5.91 Å². The Morgan fingerprint density at radius 3 is 2.61 bits per heavy atom. The number of methoxy groups -OCH3 is 1. The molecule has 0 saturated carbocycles. The molecule has 0 spiro atoms. The zero-order chi connectivity index (χ0) is 21.6.